The van der Waals surface area contributed by atoms with Crippen LogP contribution in [0.4, 0.5) is 4.39 Å². The van der Waals surface area contributed by atoms with Gasteiger partial charge in [-0.15, -0.1) is 11.3 Å². The maximum Gasteiger partial charge on any atom is 0.268 e. The van der Waals surface area contributed by atoms with Crippen LogP contribution in [0.15, 0.2) is 65.4 Å². The van der Waals surface area contributed by atoms with Crippen LogP contribution in [0, 0.1) is 5.82 Å². The Morgan fingerprint density at radius 1 is 1.15 bits per heavy atom. The first kappa shape index (κ1) is 17.0. The molecule has 1 aromatic carbocycles. The zero-order valence-electron chi connectivity index (χ0n) is 13.9. The van der Waals surface area contributed by atoms with Crippen molar-refractivity contribution in [3.63, 3.8) is 0 Å². The molecule has 0 bridgehead atoms. The quantitative estimate of drug-likeness (QED) is 0.567. The molecule has 0 aliphatic rings. The Morgan fingerprint density at radius 2 is 2.00 bits per heavy atom. The highest BCUT2D eigenvalue weighted by Crippen LogP contribution is 2.28. The molecule has 6 nitrogen and oxygen atoms in total. The summed E-state index contributed by atoms with van der Waals surface area (Å²) in [7, 11) is 0. The lowest BCUT2D eigenvalue weighted by Gasteiger charge is -2.02. The van der Waals surface area contributed by atoms with E-state index in [4.69, 9.17) is 4.52 Å². The largest absolute Gasteiger partial charge is 0.347 e. The lowest BCUT2D eigenvalue weighted by molar-refractivity contribution is 0.0951. The zero-order chi connectivity index (χ0) is 18.6. The van der Waals surface area contributed by atoms with E-state index in [0.717, 1.165) is 9.75 Å². The van der Waals surface area contributed by atoms with E-state index in [1.807, 2.05) is 12.1 Å². The smallest absolute Gasteiger partial charge is 0.268 e. The van der Waals surface area contributed by atoms with Gasteiger partial charge in [0.2, 0.25) is 5.82 Å². The predicted octanol–water partition coefficient (Wildman–Crippen LogP) is 3.93. The second kappa shape index (κ2) is 7.46. The van der Waals surface area contributed by atoms with Crippen molar-refractivity contribution in [1.29, 1.82) is 0 Å². The third kappa shape index (κ3) is 3.90. The minimum absolute atomic E-state index is 0.186. The molecular weight excluding hydrogens is 367 g/mol. The maximum absolute atomic E-state index is 13.0. The highest BCUT2D eigenvalue weighted by atomic mass is 32.1. The van der Waals surface area contributed by atoms with E-state index in [1.54, 1.807) is 30.5 Å². The van der Waals surface area contributed by atoms with Gasteiger partial charge in [-0.1, -0.05) is 5.16 Å². The highest BCUT2D eigenvalue weighted by Gasteiger charge is 2.13. The van der Waals surface area contributed by atoms with E-state index in [1.165, 1.54) is 29.7 Å². The number of nitrogens with one attached hydrogen (secondary N) is 1. The second-order valence-corrected chi connectivity index (χ2v) is 6.79. The molecule has 4 rings (SSSR count). The Balaban J connectivity index is 1.44. The fourth-order valence-electron chi connectivity index (χ4n) is 2.39. The number of carbonyl (C=O) groups excluding carboxylic acids is 1. The number of carbonyl (C=O) groups is 1. The van der Waals surface area contributed by atoms with Gasteiger partial charge in [0.05, 0.1) is 17.0 Å². The van der Waals surface area contributed by atoms with Crippen LogP contribution in [0.2, 0.25) is 0 Å². The Hall–Kier alpha value is -3.39. The molecule has 0 atom stereocenters. The van der Waals surface area contributed by atoms with Crippen LogP contribution >= 0.6 is 11.3 Å². The summed E-state index contributed by atoms with van der Waals surface area (Å²) in [5.41, 5.74) is 1.18. The molecule has 134 valence electrons. The number of rotatable bonds is 5. The topological polar surface area (TPSA) is 80.9 Å². The lowest BCUT2D eigenvalue weighted by Crippen LogP contribution is -2.22. The van der Waals surface area contributed by atoms with E-state index in [0.29, 0.717) is 29.4 Å². The van der Waals surface area contributed by atoms with Crippen LogP contribution in [0.25, 0.3) is 22.2 Å². The highest BCUT2D eigenvalue weighted by molar-refractivity contribution is 7.15. The number of hydrogen-bond acceptors (Lipinski definition) is 6. The summed E-state index contributed by atoms with van der Waals surface area (Å²) in [6.07, 6.45) is 3.14. The minimum Gasteiger partial charge on any atom is -0.347 e. The van der Waals surface area contributed by atoms with Crippen molar-refractivity contribution in [1.82, 2.24) is 20.4 Å². The van der Waals surface area contributed by atoms with Gasteiger partial charge in [-0.3, -0.25) is 9.78 Å². The van der Waals surface area contributed by atoms with Gasteiger partial charge in [0.1, 0.15) is 5.82 Å². The number of pyridine rings is 1. The molecule has 0 radical (unpaired) electrons. The summed E-state index contributed by atoms with van der Waals surface area (Å²) in [6, 6.07) is 13.1. The Bertz CT molecular complexity index is 1060. The molecule has 3 aromatic heterocycles. The molecule has 0 fully saturated rings. The molecule has 0 aliphatic carbocycles. The molecule has 3 heterocycles. The third-order valence-corrected chi connectivity index (χ3v) is 4.82. The van der Waals surface area contributed by atoms with E-state index >= 15 is 0 Å². The monoisotopic (exact) mass is 380 g/mol. The number of thiophene rings is 1. The van der Waals surface area contributed by atoms with Gasteiger partial charge in [-0.2, -0.15) is 4.98 Å². The van der Waals surface area contributed by atoms with E-state index in [9.17, 15) is 9.18 Å². The van der Waals surface area contributed by atoms with Crippen molar-refractivity contribution in [3.05, 3.63) is 77.2 Å². The first-order chi connectivity index (χ1) is 13.2. The number of benzene rings is 1. The summed E-state index contributed by atoms with van der Waals surface area (Å²) in [4.78, 5) is 22.1. The Labute approximate surface area is 157 Å². The van der Waals surface area contributed by atoms with Crippen molar-refractivity contribution < 1.29 is 13.7 Å². The van der Waals surface area contributed by atoms with Crippen LogP contribution < -0.4 is 5.32 Å². The van der Waals surface area contributed by atoms with E-state index in [2.05, 4.69) is 20.4 Å². The Kier molecular flexibility index (Phi) is 4.71. The number of halogens is 1. The van der Waals surface area contributed by atoms with Crippen LogP contribution in [0.1, 0.15) is 15.2 Å². The maximum atomic E-state index is 13.0. The van der Waals surface area contributed by atoms with Gasteiger partial charge in [0, 0.05) is 22.8 Å². The minimum atomic E-state index is -0.321. The zero-order valence-corrected chi connectivity index (χ0v) is 14.7. The molecule has 1 amide bonds. The summed E-state index contributed by atoms with van der Waals surface area (Å²) in [5, 5.41) is 6.78. The van der Waals surface area contributed by atoms with Gasteiger partial charge >= 0.3 is 0 Å². The van der Waals surface area contributed by atoms with Gasteiger partial charge < -0.3 is 9.84 Å². The number of amides is 1. The summed E-state index contributed by atoms with van der Waals surface area (Å²) in [6.45, 7) is 0.386. The van der Waals surface area contributed by atoms with Crippen LogP contribution in [-0.2, 0) is 6.54 Å². The fourth-order valence-corrected chi connectivity index (χ4v) is 3.26. The SMILES string of the molecule is O=C(NCc1ccc(-c2nc(-c3ccc(F)cc3)no2)s1)c1cccnc1. The molecule has 0 unspecified atom stereocenters. The second-order valence-electron chi connectivity index (χ2n) is 5.62. The first-order valence-corrected chi connectivity index (χ1v) is 8.87. The lowest BCUT2D eigenvalue weighted by atomic mass is 10.2. The van der Waals surface area contributed by atoms with Gasteiger partial charge in [-0.25, -0.2) is 4.39 Å². The van der Waals surface area contributed by atoms with Crippen LogP contribution in [-0.4, -0.2) is 21.0 Å². The number of nitrogens with zero attached hydrogens (tertiary/aromatic N) is 3. The molecule has 0 spiro atoms. The molecule has 4 aromatic rings. The fraction of sp³-hybridized carbons (Fsp3) is 0.0526. The first-order valence-electron chi connectivity index (χ1n) is 8.06. The molecule has 27 heavy (non-hydrogen) atoms. The summed E-state index contributed by atoms with van der Waals surface area (Å²) in [5.74, 6) is 0.266. The Morgan fingerprint density at radius 3 is 2.78 bits per heavy atom. The third-order valence-electron chi connectivity index (χ3n) is 3.75. The number of aromatic nitrogens is 3. The normalized spacial score (nSPS) is 10.7. The molecule has 0 saturated heterocycles. The molecular formula is C19H13FN4O2S. The van der Waals surface area contributed by atoms with Gasteiger partial charge in [-0.05, 0) is 48.5 Å². The number of hydrogen-bond donors (Lipinski definition) is 1. The summed E-state index contributed by atoms with van der Waals surface area (Å²) < 4.78 is 18.3. The summed E-state index contributed by atoms with van der Waals surface area (Å²) >= 11 is 1.45. The molecule has 0 saturated carbocycles. The van der Waals surface area contributed by atoms with Crippen molar-refractivity contribution in [2.24, 2.45) is 0 Å². The van der Waals surface area contributed by atoms with Gasteiger partial charge in [0.25, 0.3) is 11.8 Å². The molecule has 1 N–H and O–H groups in total. The molecule has 0 aliphatic heterocycles. The predicted molar refractivity (Wildman–Crippen MR) is 98.4 cm³/mol. The van der Waals surface area contributed by atoms with Crippen LogP contribution in [0.5, 0.6) is 0 Å². The molecule has 8 heteroatoms. The van der Waals surface area contributed by atoms with Crippen molar-refractivity contribution in [3.8, 4) is 22.2 Å². The van der Waals surface area contributed by atoms with E-state index < -0.39 is 0 Å². The van der Waals surface area contributed by atoms with Gasteiger partial charge in [0.15, 0.2) is 0 Å². The van der Waals surface area contributed by atoms with E-state index in [-0.39, 0.29) is 11.7 Å². The average molecular weight is 380 g/mol. The van der Waals surface area contributed by atoms with Crippen molar-refractivity contribution in [2.45, 2.75) is 6.54 Å². The van der Waals surface area contributed by atoms with Crippen LogP contribution in [0.3, 0.4) is 0 Å². The van der Waals surface area contributed by atoms with Crippen molar-refractivity contribution >= 4 is 17.2 Å². The standard InChI is InChI=1S/C19H13FN4O2S/c20-14-5-3-12(4-6-14)17-23-19(26-24-17)16-8-7-15(27-16)11-22-18(25)13-2-1-9-21-10-13/h1-10H,11H2,(H,22,25). The average Bonchev–Trinajstić information content (AvgIpc) is 3.37. The van der Waals surface area contributed by atoms with Crippen molar-refractivity contribution in [2.75, 3.05) is 0 Å².